The molecule has 11 aromatic rings. The molecular formula is C58H40N4. The second-order valence-corrected chi connectivity index (χ2v) is 15.5. The van der Waals surface area contributed by atoms with Gasteiger partial charge in [-0.1, -0.05) is 189 Å². The number of para-hydroxylation sites is 3. The van der Waals surface area contributed by atoms with Crippen molar-refractivity contribution in [1.29, 1.82) is 0 Å². The zero-order valence-corrected chi connectivity index (χ0v) is 34.2. The number of nitrogens with zero attached hydrogens (tertiary/aromatic N) is 4. The van der Waals surface area contributed by atoms with Crippen molar-refractivity contribution in [2.24, 2.45) is 0 Å². The smallest absolute Gasteiger partial charge is 0.160 e. The summed E-state index contributed by atoms with van der Waals surface area (Å²) in [4.78, 5) is 15.4. The summed E-state index contributed by atoms with van der Waals surface area (Å²) in [5.41, 5.74) is 15.8. The second kappa shape index (κ2) is 15.4. The summed E-state index contributed by atoms with van der Waals surface area (Å²) in [6.07, 6.45) is 3.89. The van der Waals surface area contributed by atoms with Crippen molar-refractivity contribution in [1.82, 2.24) is 19.5 Å². The van der Waals surface area contributed by atoms with Crippen molar-refractivity contribution in [3.8, 4) is 61.8 Å². The molecule has 11 rings (SSSR count). The Bertz CT molecular complexity index is 3510. The summed E-state index contributed by atoms with van der Waals surface area (Å²) in [7, 11) is 0. The van der Waals surface area contributed by atoms with Crippen LogP contribution in [0.2, 0.25) is 0 Å². The number of hydrogen-bond acceptors (Lipinski definition) is 3. The molecule has 0 amide bonds. The number of rotatable bonds is 8. The number of benzene rings is 8. The minimum Gasteiger partial charge on any atom is -0.308 e. The SMILES string of the molecule is C=C/C(=C\C)c1cc(-c2ccc(-c3c(-c4ccc(-c5nc6ccccc6c6c5c5ccccc5n6-c5ccccc5)cc4)ccc4ccccc34)cc2)nc(-c2ccccc2)n1. The third kappa shape index (κ3) is 6.29. The van der Waals surface area contributed by atoms with Crippen LogP contribution in [-0.2, 0) is 0 Å². The molecule has 0 fully saturated rings. The van der Waals surface area contributed by atoms with Crippen LogP contribution in [0.25, 0.3) is 111 Å². The maximum atomic E-state index is 5.39. The van der Waals surface area contributed by atoms with Gasteiger partial charge in [-0.05, 0) is 75.9 Å². The van der Waals surface area contributed by atoms with Gasteiger partial charge in [-0.3, -0.25) is 0 Å². The molecule has 0 aliphatic heterocycles. The van der Waals surface area contributed by atoms with Crippen LogP contribution < -0.4 is 0 Å². The van der Waals surface area contributed by atoms with Crippen molar-refractivity contribution in [3.05, 3.63) is 225 Å². The number of hydrogen-bond donors (Lipinski definition) is 0. The lowest BCUT2D eigenvalue weighted by Gasteiger charge is -2.16. The van der Waals surface area contributed by atoms with E-state index in [0.29, 0.717) is 5.82 Å². The standard InChI is InChI=1S/C58H40N4/c1-3-38(4-2)51-37-52(61-58(60-51)44-18-7-5-8-19-44)41-29-31-42(32-30-41)54-46-22-12-11-17-39(46)35-36-47(54)40-27-33-43(34-28-40)56-55-49-24-14-16-26-53(49)62(45-20-9-6-10-21-45)57(55)48-23-13-15-25-50(48)59-56/h3-37H,1H2,2H3/b38-4+. The topological polar surface area (TPSA) is 43.6 Å². The summed E-state index contributed by atoms with van der Waals surface area (Å²) in [5.74, 6) is 0.685. The Kier molecular flexibility index (Phi) is 9.17. The fraction of sp³-hybridized carbons (Fsp3) is 0.0172. The quantitative estimate of drug-likeness (QED) is 0.144. The summed E-state index contributed by atoms with van der Waals surface area (Å²) in [5, 5.41) is 5.86. The molecule has 0 N–H and O–H groups in total. The Morgan fingerprint density at radius 1 is 0.516 bits per heavy atom. The molecule has 0 radical (unpaired) electrons. The molecule has 0 atom stereocenters. The zero-order chi connectivity index (χ0) is 41.6. The molecule has 0 unspecified atom stereocenters. The predicted octanol–water partition coefficient (Wildman–Crippen LogP) is 15.2. The summed E-state index contributed by atoms with van der Waals surface area (Å²) >= 11 is 0. The maximum Gasteiger partial charge on any atom is 0.160 e. The van der Waals surface area contributed by atoms with Crippen LogP contribution >= 0.6 is 0 Å². The number of pyridine rings is 1. The molecule has 0 bridgehead atoms. The molecule has 3 heterocycles. The minimum atomic E-state index is 0.685. The van der Waals surface area contributed by atoms with E-state index in [4.69, 9.17) is 15.0 Å². The van der Waals surface area contributed by atoms with E-state index in [0.717, 1.165) is 78.0 Å². The van der Waals surface area contributed by atoms with Gasteiger partial charge in [-0.2, -0.15) is 0 Å². The zero-order valence-electron chi connectivity index (χ0n) is 34.2. The van der Waals surface area contributed by atoms with Crippen molar-refractivity contribution < 1.29 is 0 Å². The Hall–Kier alpha value is -8.21. The Morgan fingerprint density at radius 2 is 1.15 bits per heavy atom. The predicted molar refractivity (Wildman–Crippen MR) is 260 cm³/mol. The molecule has 292 valence electrons. The van der Waals surface area contributed by atoms with Crippen LogP contribution in [0.1, 0.15) is 12.6 Å². The fourth-order valence-electron chi connectivity index (χ4n) is 9.00. The minimum absolute atomic E-state index is 0.685. The molecule has 4 heteroatoms. The lowest BCUT2D eigenvalue weighted by Crippen LogP contribution is -1.97. The molecular weight excluding hydrogens is 753 g/mol. The van der Waals surface area contributed by atoms with Crippen molar-refractivity contribution in [3.63, 3.8) is 0 Å². The van der Waals surface area contributed by atoms with E-state index in [-0.39, 0.29) is 0 Å². The molecule has 0 saturated carbocycles. The summed E-state index contributed by atoms with van der Waals surface area (Å²) < 4.78 is 2.39. The number of aromatic nitrogens is 4. The first-order valence-electron chi connectivity index (χ1n) is 21.0. The molecule has 4 nitrogen and oxygen atoms in total. The highest BCUT2D eigenvalue weighted by molar-refractivity contribution is 6.22. The van der Waals surface area contributed by atoms with Gasteiger partial charge >= 0.3 is 0 Å². The third-order valence-electron chi connectivity index (χ3n) is 12.0. The van der Waals surface area contributed by atoms with Gasteiger partial charge in [0.25, 0.3) is 0 Å². The molecule has 8 aromatic carbocycles. The van der Waals surface area contributed by atoms with Gasteiger partial charge in [0.05, 0.1) is 33.6 Å². The Balaban J connectivity index is 1.04. The second-order valence-electron chi connectivity index (χ2n) is 15.5. The average molecular weight is 793 g/mol. The van der Waals surface area contributed by atoms with Crippen LogP contribution in [0.5, 0.6) is 0 Å². The van der Waals surface area contributed by atoms with E-state index < -0.39 is 0 Å². The van der Waals surface area contributed by atoms with Crippen LogP contribution in [0, 0.1) is 0 Å². The highest BCUT2D eigenvalue weighted by Crippen LogP contribution is 2.43. The summed E-state index contributed by atoms with van der Waals surface area (Å²) in [6.45, 7) is 6.06. The first-order valence-corrected chi connectivity index (χ1v) is 21.0. The maximum absolute atomic E-state index is 5.39. The van der Waals surface area contributed by atoms with E-state index in [2.05, 4.69) is 181 Å². The normalized spacial score (nSPS) is 11.8. The van der Waals surface area contributed by atoms with E-state index in [1.165, 1.54) is 32.8 Å². The van der Waals surface area contributed by atoms with Crippen LogP contribution in [0.4, 0.5) is 0 Å². The highest BCUT2D eigenvalue weighted by atomic mass is 15.0. The number of fused-ring (bicyclic) bond motifs is 6. The molecule has 62 heavy (non-hydrogen) atoms. The third-order valence-corrected chi connectivity index (χ3v) is 12.0. The van der Waals surface area contributed by atoms with Gasteiger partial charge in [0, 0.05) is 38.5 Å². The first kappa shape index (κ1) is 36.8. The van der Waals surface area contributed by atoms with E-state index in [1.807, 2.05) is 49.4 Å². The summed E-state index contributed by atoms with van der Waals surface area (Å²) in [6, 6.07) is 71.0. The van der Waals surface area contributed by atoms with Gasteiger partial charge in [-0.25, -0.2) is 15.0 Å². The number of allylic oxidation sites excluding steroid dienone is 3. The lowest BCUT2D eigenvalue weighted by atomic mass is 9.89. The largest absolute Gasteiger partial charge is 0.308 e. The van der Waals surface area contributed by atoms with Gasteiger partial charge in [0.2, 0.25) is 0 Å². The lowest BCUT2D eigenvalue weighted by molar-refractivity contribution is 1.16. The van der Waals surface area contributed by atoms with E-state index >= 15 is 0 Å². The molecule has 0 saturated heterocycles. The highest BCUT2D eigenvalue weighted by Gasteiger charge is 2.21. The van der Waals surface area contributed by atoms with Crippen LogP contribution in [-0.4, -0.2) is 19.5 Å². The van der Waals surface area contributed by atoms with Gasteiger partial charge in [0.1, 0.15) is 0 Å². The average Bonchev–Trinajstić information content (AvgIpc) is 3.70. The van der Waals surface area contributed by atoms with E-state index in [9.17, 15) is 0 Å². The van der Waals surface area contributed by atoms with Crippen molar-refractivity contribution in [2.45, 2.75) is 6.92 Å². The molecule has 0 spiro atoms. The van der Waals surface area contributed by atoms with Crippen LogP contribution in [0.3, 0.4) is 0 Å². The van der Waals surface area contributed by atoms with Gasteiger partial charge < -0.3 is 4.57 Å². The van der Waals surface area contributed by atoms with E-state index in [1.54, 1.807) is 0 Å². The Labute approximate surface area is 360 Å². The molecule has 0 aliphatic rings. The first-order chi connectivity index (χ1) is 30.7. The molecule has 3 aromatic heterocycles. The van der Waals surface area contributed by atoms with Crippen molar-refractivity contribution in [2.75, 3.05) is 0 Å². The van der Waals surface area contributed by atoms with Gasteiger partial charge in [0.15, 0.2) is 5.82 Å². The van der Waals surface area contributed by atoms with Crippen LogP contribution in [0.15, 0.2) is 219 Å². The Morgan fingerprint density at radius 3 is 1.90 bits per heavy atom. The van der Waals surface area contributed by atoms with Crippen molar-refractivity contribution >= 4 is 49.1 Å². The molecule has 0 aliphatic carbocycles. The van der Waals surface area contributed by atoms with Gasteiger partial charge in [-0.15, -0.1) is 0 Å². The fourth-order valence-corrected chi connectivity index (χ4v) is 9.00. The monoisotopic (exact) mass is 792 g/mol.